The Balaban J connectivity index is 1.74. The fraction of sp³-hybridized carbons (Fsp3) is 0.714. The largest absolute Gasteiger partial charge is 0.454 e. The molecule has 1 aliphatic rings. The highest BCUT2D eigenvalue weighted by molar-refractivity contribution is 5.93. The van der Waals surface area contributed by atoms with Gasteiger partial charge in [-0.05, 0) is 56.8 Å². The number of carbonyl (C=O) groups is 2. The number of hydrogen-bond donors (Lipinski definition) is 2. The molecule has 1 fully saturated rings. The zero-order valence-corrected chi connectivity index (χ0v) is 17.1. The van der Waals surface area contributed by atoms with Crippen LogP contribution in [0.1, 0.15) is 82.0 Å². The van der Waals surface area contributed by atoms with E-state index in [0.29, 0.717) is 6.54 Å². The molecular weight excluding hydrogens is 342 g/mol. The van der Waals surface area contributed by atoms with E-state index in [9.17, 15) is 9.59 Å². The van der Waals surface area contributed by atoms with Gasteiger partial charge in [-0.15, -0.1) is 0 Å². The van der Waals surface area contributed by atoms with Gasteiger partial charge < -0.3 is 4.42 Å². The summed E-state index contributed by atoms with van der Waals surface area (Å²) in [5, 5.41) is 0. The van der Waals surface area contributed by atoms with Gasteiger partial charge in [-0.25, -0.2) is 0 Å². The van der Waals surface area contributed by atoms with Gasteiger partial charge in [-0.1, -0.05) is 40.0 Å². The Kier molecular flexibility index (Phi) is 8.85. The van der Waals surface area contributed by atoms with Crippen LogP contribution in [0.15, 0.2) is 16.5 Å². The van der Waals surface area contributed by atoms with Gasteiger partial charge in [0.15, 0.2) is 5.76 Å². The molecule has 0 bridgehead atoms. The van der Waals surface area contributed by atoms with Crippen molar-refractivity contribution in [1.82, 2.24) is 15.8 Å². The Morgan fingerprint density at radius 2 is 1.78 bits per heavy atom. The monoisotopic (exact) mass is 377 g/mol. The van der Waals surface area contributed by atoms with Crippen molar-refractivity contribution in [2.75, 3.05) is 13.1 Å². The summed E-state index contributed by atoms with van der Waals surface area (Å²) in [6, 6.07) is 3.46. The summed E-state index contributed by atoms with van der Waals surface area (Å²) >= 11 is 0. The SMILES string of the molecule is CCCCC1CCC(C(=O)NNC(=O)c2ccc(CN(CC)CC)o2)CC1. The van der Waals surface area contributed by atoms with Crippen molar-refractivity contribution in [3.05, 3.63) is 23.7 Å². The Bertz CT molecular complexity index is 587. The molecule has 27 heavy (non-hydrogen) atoms. The van der Waals surface area contributed by atoms with E-state index in [0.717, 1.165) is 50.5 Å². The first-order valence-corrected chi connectivity index (χ1v) is 10.5. The second-order valence-corrected chi connectivity index (χ2v) is 7.53. The number of hydrogen-bond acceptors (Lipinski definition) is 4. The molecular formula is C21H35N3O3. The van der Waals surface area contributed by atoms with Crippen molar-refractivity contribution in [3.8, 4) is 0 Å². The van der Waals surface area contributed by atoms with Gasteiger partial charge in [-0.3, -0.25) is 25.3 Å². The lowest BCUT2D eigenvalue weighted by molar-refractivity contribution is -0.127. The molecule has 2 N–H and O–H groups in total. The Hall–Kier alpha value is -1.82. The van der Waals surface area contributed by atoms with Crippen LogP contribution >= 0.6 is 0 Å². The average molecular weight is 378 g/mol. The first-order valence-electron chi connectivity index (χ1n) is 10.5. The van der Waals surface area contributed by atoms with Gasteiger partial charge in [0.2, 0.25) is 5.91 Å². The van der Waals surface area contributed by atoms with Gasteiger partial charge in [0.1, 0.15) is 5.76 Å². The van der Waals surface area contributed by atoms with E-state index in [2.05, 4.69) is 36.5 Å². The van der Waals surface area contributed by atoms with Crippen molar-refractivity contribution in [3.63, 3.8) is 0 Å². The van der Waals surface area contributed by atoms with Gasteiger partial charge in [-0.2, -0.15) is 0 Å². The van der Waals surface area contributed by atoms with Gasteiger partial charge >= 0.3 is 5.91 Å². The van der Waals surface area contributed by atoms with Crippen molar-refractivity contribution in [2.24, 2.45) is 11.8 Å². The lowest BCUT2D eigenvalue weighted by Crippen LogP contribution is -2.45. The van der Waals surface area contributed by atoms with E-state index in [4.69, 9.17) is 4.42 Å². The van der Waals surface area contributed by atoms with Crippen LogP contribution in [0.25, 0.3) is 0 Å². The van der Waals surface area contributed by atoms with Crippen LogP contribution in [0.5, 0.6) is 0 Å². The maximum Gasteiger partial charge on any atom is 0.305 e. The van der Waals surface area contributed by atoms with E-state index in [1.54, 1.807) is 6.07 Å². The molecule has 2 rings (SSSR count). The second-order valence-electron chi connectivity index (χ2n) is 7.53. The predicted molar refractivity (Wildman–Crippen MR) is 106 cm³/mol. The van der Waals surface area contributed by atoms with Crippen LogP contribution < -0.4 is 10.9 Å². The van der Waals surface area contributed by atoms with Crippen LogP contribution in [0.3, 0.4) is 0 Å². The molecule has 152 valence electrons. The second kappa shape index (κ2) is 11.1. The van der Waals surface area contributed by atoms with Gasteiger partial charge in [0.05, 0.1) is 6.54 Å². The summed E-state index contributed by atoms with van der Waals surface area (Å²) in [6.45, 7) is 8.92. The number of carbonyl (C=O) groups excluding carboxylic acids is 2. The smallest absolute Gasteiger partial charge is 0.305 e. The first-order chi connectivity index (χ1) is 13.1. The van der Waals surface area contributed by atoms with E-state index in [-0.39, 0.29) is 17.6 Å². The number of amides is 2. The minimum Gasteiger partial charge on any atom is -0.454 e. The molecule has 0 unspecified atom stereocenters. The molecule has 0 radical (unpaired) electrons. The third-order valence-electron chi connectivity index (χ3n) is 5.64. The molecule has 0 aliphatic heterocycles. The van der Waals surface area contributed by atoms with Crippen LogP contribution in [0.4, 0.5) is 0 Å². The number of furan rings is 1. The lowest BCUT2D eigenvalue weighted by atomic mass is 9.79. The van der Waals surface area contributed by atoms with E-state index in [1.165, 1.54) is 19.3 Å². The normalized spacial score (nSPS) is 19.9. The highest BCUT2D eigenvalue weighted by Crippen LogP contribution is 2.31. The fourth-order valence-electron chi connectivity index (χ4n) is 3.74. The number of rotatable bonds is 9. The van der Waals surface area contributed by atoms with Crippen LogP contribution in [-0.4, -0.2) is 29.8 Å². The number of nitrogens with one attached hydrogen (secondary N) is 2. The van der Waals surface area contributed by atoms with Gasteiger partial charge in [0.25, 0.3) is 0 Å². The molecule has 1 saturated carbocycles. The highest BCUT2D eigenvalue weighted by atomic mass is 16.4. The number of unbranched alkanes of at least 4 members (excludes halogenated alkanes) is 1. The third kappa shape index (κ3) is 6.69. The summed E-state index contributed by atoms with van der Waals surface area (Å²) in [7, 11) is 0. The molecule has 1 aromatic rings. The standard InChI is InChI=1S/C21H35N3O3/c1-4-7-8-16-9-11-17(12-10-16)20(25)22-23-21(26)19-14-13-18(27-19)15-24(5-2)6-3/h13-14,16-17H,4-12,15H2,1-3H3,(H,22,25)(H,23,26). The molecule has 2 amide bonds. The summed E-state index contributed by atoms with van der Waals surface area (Å²) < 4.78 is 5.60. The third-order valence-corrected chi connectivity index (χ3v) is 5.64. The molecule has 0 spiro atoms. The average Bonchev–Trinajstić information content (AvgIpc) is 3.17. The van der Waals surface area contributed by atoms with Crippen molar-refractivity contribution in [1.29, 1.82) is 0 Å². The summed E-state index contributed by atoms with van der Waals surface area (Å²) in [6.07, 6.45) is 7.82. The van der Waals surface area contributed by atoms with E-state index in [1.807, 2.05) is 6.07 Å². The quantitative estimate of drug-likeness (QED) is 0.641. The minimum atomic E-state index is -0.411. The van der Waals surface area contributed by atoms with E-state index < -0.39 is 5.91 Å². The highest BCUT2D eigenvalue weighted by Gasteiger charge is 2.26. The molecule has 1 aliphatic carbocycles. The predicted octanol–water partition coefficient (Wildman–Crippen LogP) is 3.88. The molecule has 6 heteroatoms. The molecule has 0 saturated heterocycles. The Morgan fingerprint density at radius 3 is 2.41 bits per heavy atom. The minimum absolute atomic E-state index is 0.00185. The van der Waals surface area contributed by atoms with E-state index >= 15 is 0 Å². The summed E-state index contributed by atoms with van der Waals surface area (Å²) in [4.78, 5) is 26.7. The fourth-order valence-corrected chi connectivity index (χ4v) is 3.74. The van der Waals surface area contributed by atoms with Crippen molar-refractivity contribution < 1.29 is 14.0 Å². The topological polar surface area (TPSA) is 74.6 Å². The van der Waals surface area contributed by atoms with Gasteiger partial charge in [0, 0.05) is 5.92 Å². The van der Waals surface area contributed by atoms with Crippen LogP contribution in [0.2, 0.25) is 0 Å². The molecule has 6 nitrogen and oxygen atoms in total. The maximum absolute atomic E-state index is 12.3. The zero-order valence-electron chi connectivity index (χ0n) is 17.1. The van der Waals surface area contributed by atoms with Crippen LogP contribution in [-0.2, 0) is 11.3 Å². The van der Waals surface area contributed by atoms with Crippen LogP contribution in [0, 0.1) is 11.8 Å². The Morgan fingerprint density at radius 1 is 1.07 bits per heavy atom. The number of hydrazine groups is 1. The Labute approximate surface area is 163 Å². The first kappa shape index (κ1) is 21.5. The molecule has 1 heterocycles. The zero-order chi connectivity index (χ0) is 19.6. The molecule has 0 aromatic carbocycles. The summed E-state index contributed by atoms with van der Waals surface area (Å²) in [5.74, 6) is 1.23. The molecule has 1 aromatic heterocycles. The lowest BCUT2D eigenvalue weighted by Gasteiger charge is -2.27. The maximum atomic E-state index is 12.3. The molecule has 0 atom stereocenters. The number of nitrogens with zero attached hydrogens (tertiary/aromatic N) is 1. The summed E-state index contributed by atoms with van der Waals surface area (Å²) in [5.41, 5.74) is 5.06. The van der Waals surface area contributed by atoms with Crippen molar-refractivity contribution >= 4 is 11.8 Å². The van der Waals surface area contributed by atoms with Crippen molar-refractivity contribution in [2.45, 2.75) is 72.3 Å².